The molecule has 6 nitrogen and oxygen atoms in total. The average molecular weight is 471 g/mol. The van der Waals surface area contributed by atoms with Gasteiger partial charge >= 0.3 is 0 Å². The maximum atomic E-state index is 12.8. The molecule has 1 N–H and O–H groups in total. The van der Waals surface area contributed by atoms with Gasteiger partial charge in [-0.05, 0) is 65.3 Å². The molecule has 32 heavy (non-hydrogen) atoms. The first-order chi connectivity index (χ1) is 15.2. The second-order valence-corrected chi connectivity index (χ2v) is 11.0. The van der Waals surface area contributed by atoms with Crippen molar-refractivity contribution in [3.05, 3.63) is 50.6 Å². The number of aryl methyl sites for hydroxylation is 4. The number of ether oxygens (including phenoxy) is 1. The molecule has 0 aliphatic carbocycles. The summed E-state index contributed by atoms with van der Waals surface area (Å²) in [5, 5.41) is 4.07. The van der Waals surface area contributed by atoms with E-state index in [2.05, 4.69) is 41.2 Å². The fourth-order valence-corrected chi connectivity index (χ4v) is 6.24. The molecule has 0 unspecified atom stereocenters. The highest BCUT2D eigenvalue weighted by Crippen LogP contribution is 2.36. The molecule has 4 rings (SSSR count). The summed E-state index contributed by atoms with van der Waals surface area (Å²) in [5.74, 6) is -0.0527. The summed E-state index contributed by atoms with van der Waals surface area (Å²) >= 11 is 3.32. The number of thiazole rings is 1. The standard InChI is InChI=1S/C24H30N4O2S2/c1-13-7-19(8-14(2)26-13)22-21(10-25-23(29)20-9-17(5)31-18(20)6)27-24(32-22)28-11-15(3)30-16(4)12-28/h7-9,15-16H,10-12H2,1-6H3,(H,25,29)/t15-,16+. The predicted molar refractivity (Wildman–Crippen MR) is 132 cm³/mol. The third-order valence-corrected chi connectivity index (χ3v) is 7.60. The summed E-state index contributed by atoms with van der Waals surface area (Å²) in [6.07, 6.45) is 0.314. The summed E-state index contributed by atoms with van der Waals surface area (Å²) in [6, 6.07) is 6.13. The number of rotatable bonds is 5. The highest BCUT2D eigenvalue weighted by atomic mass is 32.1. The molecular weight excluding hydrogens is 440 g/mol. The number of hydrogen-bond acceptors (Lipinski definition) is 7. The summed E-state index contributed by atoms with van der Waals surface area (Å²) < 4.78 is 5.90. The SMILES string of the molecule is Cc1cc(-c2sc(N3C[C@@H](C)O[C@@H](C)C3)nc2CNC(=O)c2cc(C)sc2C)cc(C)n1. The minimum atomic E-state index is -0.0527. The van der Waals surface area contributed by atoms with E-state index in [9.17, 15) is 4.79 Å². The lowest BCUT2D eigenvalue weighted by atomic mass is 10.1. The van der Waals surface area contributed by atoms with Gasteiger partial charge in [0.25, 0.3) is 5.91 Å². The molecule has 2 atom stereocenters. The Morgan fingerprint density at radius 3 is 2.31 bits per heavy atom. The fraction of sp³-hybridized carbons (Fsp3) is 0.458. The van der Waals surface area contributed by atoms with Gasteiger partial charge in [-0.25, -0.2) is 4.98 Å². The van der Waals surface area contributed by atoms with Crippen LogP contribution in [0.4, 0.5) is 5.13 Å². The Morgan fingerprint density at radius 1 is 1.06 bits per heavy atom. The fourth-order valence-electron chi connectivity index (χ4n) is 4.23. The van der Waals surface area contributed by atoms with E-state index < -0.39 is 0 Å². The maximum Gasteiger partial charge on any atom is 0.252 e. The summed E-state index contributed by atoms with van der Waals surface area (Å²) in [7, 11) is 0. The van der Waals surface area contributed by atoms with E-state index in [1.807, 2.05) is 33.8 Å². The molecular formula is C24H30N4O2S2. The van der Waals surface area contributed by atoms with Crippen molar-refractivity contribution in [2.75, 3.05) is 18.0 Å². The van der Waals surface area contributed by atoms with Crippen LogP contribution in [-0.2, 0) is 11.3 Å². The number of morpholine rings is 1. The maximum absolute atomic E-state index is 12.8. The van der Waals surface area contributed by atoms with Crippen molar-refractivity contribution < 1.29 is 9.53 Å². The smallest absolute Gasteiger partial charge is 0.252 e. The predicted octanol–water partition coefficient (Wildman–Crippen LogP) is 5.04. The van der Waals surface area contributed by atoms with Crippen LogP contribution >= 0.6 is 22.7 Å². The zero-order valence-corrected chi connectivity index (χ0v) is 21.1. The van der Waals surface area contributed by atoms with Gasteiger partial charge in [-0.3, -0.25) is 9.78 Å². The number of pyridine rings is 1. The Morgan fingerprint density at radius 2 is 1.72 bits per heavy atom. The molecule has 170 valence electrons. The van der Waals surface area contributed by atoms with Crippen molar-refractivity contribution in [2.45, 2.75) is 60.3 Å². The highest BCUT2D eigenvalue weighted by Gasteiger charge is 2.26. The lowest BCUT2D eigenvalue weighted by molar-refractivity contribution is -0.00523. The number of anilines is 1. The number of nitrogens with zero attached hydrogens (tertiary/aromatic N) is 3. The Balaban J connectivity index is 1.65. The van der Waals surface area contributed by atoms with Crippen LogP contribution in [0.15, 0.2) is 18.2 Å². The summed E-state index contributed by atoms with van der Waals surface area (Å²) in [6.45, 7) is 14.2. The summed E-state index contributed by atoms with van der Waals surface area (Å²) in [5.41, 5.74) is 4.68. The van der Waals surface area contributed by atoms with E-state index in [0.29, 0.717) is 6.54 Å². The van der Waals surface area contributed by atoms with Crippen molar-refractivity contribution in [3.63, 3.8) is 0 Å². The average Bonchev–Trinajstić information content (AvgIpc) is 3.27. The minimum Gasteiger partial charge on any atom is -0.372 e. The van der Waals surface area contributed by atoms with Gasteiger partial charge in [-0.2, -0.15) is 0 Å². The number of nitrogens with one attached hydrogen (secondary N) is 1. The number of amides is 1. The van der Waals surface area contributed by atoms with Crippen molar-refractivity contribution in [2.24, 2.45) is 0 Å². The van der Waals surface area contributed by atoms with Crippen LogP contribution in [0.25, 0.3) is 10.4 Å². The van der Waals surface area contributed by atoms with E-state index in [1.165, 1.54) is 0 Å². The number of carbonyl (C=O) groups is 1. The lowest BCUT2D eigenvalue weighted by Crippen LogP contribution is -2.45. The van der Waals surface area contributed by atoms with Crippen molar-refractivity contribution in [1.29, 1.82) is 0 Å². The first-order valence-electron chi connectivity index (χ1n) is 10.9. The third-order valence-electron chi connectivity index (χ3n) is 5.42. The Kier molecular flexibility index (Phi) is 6.65. The van der Waals surface area contributed by atoms with Crippen LogP contribution in [-0.4, -0.2) is 41.2 Å². The van der Waals surface area contributed by atoms with Crippen LogP contribution in [0.2, 0.25) is 0 Å². The molecule has 0 bridgehead atoms. The van der Waals surface area contributed by atoms with Crippen LogP contribution in [0.3, 0.4) is 0 Å². The zero-order chi connectivity index (χ0) is 23.0. The number of thiophene rings is 1. The second-order valence-electron chi connectivity index (χ2n) is 8.58. The Bertz CT molecular complexity index is 1110. The van der Waals surface area contributed by atoms with Gasteiger partial charge in [0.05, 0.1) is 34.9 Å². The van der Waals surface area contributed by atoms with Gasteiger partial charge in [0.15, 0.2) is 5.13 Å². The molecule has 1 aliphatic heterocycles. The largest absolute Gasteiger partial charge is 0.372 e. The number of hydrogen-bond donors (Lipinski definition) is 1. The van der Waals surface area contributed by atoms with Crippen LogP contribution in [0.1, 0.15) is 51.0 Å². The number of aromatic nitrogens is 2. The van der Waals surface area contributed by atoms with Gasteiger partial charge in [0.1, 0.15) is 0 Å². The normalized spacial score (nSPS) is 18.8. The molecule has 8 heteroatoms. The van der Waals surface area contributed by atoms with E-state index in [0.717, 1.165) is 61.1 Å². The topological polar surface area (TPSA) is 67.3 Å². The van der Waals surface area contributed by atoms with Gasteiger partial charge in [-0.1, -0.05) is 11.3 Å². The minimum absolute atomic E-state index is 0.0527. The molecule has 1 saturated heterocycles. The highest BCUT2D eigenvalue weighted by molar-refractivity contribution is 7.19. The van der Waals surface area contributed by atoms with Crippen molar-refractivity contribution in [1.82, 2.24) is 15.3 Å². The molecule has 0 saturated carbocycles. The molecule has 1 amide bonds. The monoisotopic (exact) mass is 470 g/mol. The molecule has 3 aromatic heterocycles. The van der Waals surface area contributed by atoms with Crippen LogP contribution in [0, 0.1) is 27.7 Å². The molecule has 0 spiro atoms. The molecule has 3 aromatic rings. The van der Waals surface area contributed by atoms with Crippen LogP contribution in [0.5, 0.6) is 0 Å². The van der Waals surface area contributed by atoms with Gasteiger partial charge in [-0.15, -0.1) is 11.3 Å². The van der Waals surface area contributed by atoms with Crippen molar-refractivity contribution >= 4 is 33.7 Å². The van der Waals surface area contributed by atoms with E-state index in [4.69, 9.17) is 9.72 Å². The molecule has 0 radical (unpaired) electrons. The molecule has 0 aromatic carbocycles. The quantitative estimate of drug-likeness (QED) is 0.566. The molecule has 1 aliphatic rings. The van der Waals surface area contributed by atoms with Gasteiger partial charge in [0.2, 0.25) is 0 Å². The Hall–Kier alpha value is -2.29. The second kappa shape index (κ2) is 9.29. The Labute approximate surface area is 197 Å². The third kappa shape index (κ3) is 5.03. The van der Waals surface area contributed by atoms with E-state index in [-0.39, 0.29) is 18.1 Å². The molecule has 4 heterocycles. The summed E-state index contributed by atoms with van der Waals surface area (Å²) in [4.78, 5) is 27.9. The zero-order valence-electron chi connectivity index (χ0n) is 19.5. The first kappa shape index (κ1) is 22.9. The van der Waals surface area contributed by atoms with Crippen LogP contribution < -0.4 is 10.2 Å². The number of carbonyl (C=O) groups excluding carboxylic acids is 1. The van der Waals surface area contributed by atoms with Crippen molar-refractivity contribution in [3.8, 4) is 10.4 Å². The lowest BCUT2D eigenvalue weighted by Gasteiger charge is -2.35. The van der Waals surface area contributed by atoms with Gasteiger partial charge < -0.3 is 15.0 Å². The molecule has 1 fully saturated rings. The van der Waals surface area contributed by atoms with E-state index >= 15 is 0 Å². The van der Waals surface area contributed by atoms with Gasteiger partial charge in [0, 0.05) is 34.2 Å². The van der Waals surface area contributed by atoms with E-state index in [1.54, 1.807) is 22.7 Å². The first-order valence-corrected chi connectivity index (χ1v) is 12.5.